The van der Waals surface area contributed by atoms with Gasteiger partial charge in [-0.1, -0.05) is 6.42 Å². The first-order chi connectivity index (χ1) is 8.81. The smallest absolute Gasteiger partial charge is 0.168 e. The van der Waals surface area contributed by atoms with E-state index >= 15 is 0 Å². The molecule has 3 aliphatic rings. The minimum atomic E-state index is -0.241. The summed E-state index contributed by atoms with van der Waals surface area (Å²) in [5, 5.41) is 9.43. The second kappa shape index (κ2) is 5.45. The molecule has 2 heterocycles. The fourth-order valence-corrected chi connectivity index (χ4v) is 3.65. The van der Waals surface area contributed by atoms with Crippen LogP contribution in [0, 0.1) is 0 Å². The molecular weight excluding hydrogens is 230 g/mol. The van der Waals surface area contributed by atoms with Gasteiger partial charge < -0.3 is 14.6 Å². The summed E-state index contributed by atoms with van der Waals surface area (Å²) in [4.78, 5) is 2.39. The Labute approximate surface area is 109 Å². The standard InChI is InChI=1S/C14H25NO3/c16-10-12-5-1-4-8-15(12)9-13-11-17-14(18-13)6-2-3-7-14/h12-13,16H,1-11H2. The first kappa shape index (κ1) is 12.9. The minimum Gasteiger partial charge on any atom is -0.395 e. The Bertz CT molecular complexity index is 278. The molecule has 4 heteroatoms. The second-order valence-corrected chi connectivity index (χ2v) is 6.00. The maximum absolute atomic E-state index is 9.43. The maximum atomic E-state index is 9.43. The highest BCUT2D eigenvalue weighted by Crippen LogP contribution is 2.39. The van der Waals surface area contributed by atoms with Gasteiger partial charge in [-0.3, -0.25) is 4.90 Å². The van der Waals surface area contributed by atoms with Crippen LogP contribution >= 0.6 is 0 Å². The fraction of sp³-hybridized carbons (Fsp3) is 1.00. The number of ether oxygens (including phenoxy) is 2. The molecular formula is C14H25NO3. The molecule has 18 heavy (non-hydrogen) atoms. The van der Waals surface area contributed by atoms with Crippen molar-refractivity contribution in [3.8, 4) is 0 Å². The van der Waals surface area contributed by atoms with Crippen molar-refractivity contribution in [1.82, 2.24) is 4.90 Å². The largest absolute Gasteiger partial charge is 0.395 e. The Balaban J connectivity index is 1.53. The molecule has 104 valence electrons. The lowest BCUT2D eigenvalue weighted by Crippen LogP contribution is -2.46. The summed E-state index contributed by atoms with van der Waals surface area (Å²) in [5.74, 6) is -0.241. The van der Waals surface area contributed by atoms with Crippen molar-refractivity contribution in [2.75, 3.05) is 26.3 Å². The van der Waals surface area contributed by atoms with Crippen LogP contribution in [0.1, 0.15) is 44.9 Å². The van der Waals surface area contributed by atoms with Gasteiger partial charge in [0.15, 0.2) is 5.79 Å². The summed E-state index contributed by atoms with van der Waals surface area (Å²) >= 11 is 0. The van der Waals surface area contributed by atoms with Gasteiger partial charge in [0.2, 0.25) is 0 Å². The monoisotopic (exact) mass is 255 g/mol. The van der Waals surface area contributed by atoms with Crippen molar-refractivity contribution in [3.05, 3.63) is 0 Å². The topological polar surface area (TPSA) is 41.9 Å². The van der Waals surface area contributed by atoms with Crippen LogP contribution in [0.4, 0.5) is 0 Å². The number of hydrogen-bond donors (Lipinski definition) is 1. The molecule has 1 saturated carbocycles. The van der Waals surface area contributed by atoms with Gasteiger partial charge in [0.05, 0.1) is 19.3 Å². The van der Waals surface area contributed by atoms with Gasteiger partial charge in [-0.25, -0.2) is 0 Å². The van der Waals surface area contributed by atoms with E-state index in [-0.39, 0.29) is 18.5 Å². The summed E-state index contributed by atoms with van der Waals surface area (Å²) in [6.45, 7) is 3.03. The Hall–Kier alpha value is -0.160. The third-order valence-corrected chi connectivity index (χ3v) is 4.68. The van der Waals surface area contributed by atoms with Crippen molar-refractivity contribution >= 4 is 0 Å². The zero-order valence-corrected chi connectivity index (χ0v) is 11.1. The zero-order chi connectivity index (χ0) is 12.4. The van der Waals surface area contributed by atoms with Crippen molar-refractivity contribution in [2.24, 2.45) is 0 Å². The van der Waals surface area contributed by atoms with E-state index in [1.165, 1.54) is 25.7 Å². The highest BCUT2D eigenvalue weighted by molar-refractivity contribution is 4.87. The predicted octanol–water partition coefficient (Wildman–Crippen LogP) is 1.52. The summed E-state index contributed by atoms with van der Waals surface area (Å²) in [6.07, 6.45) is 8.40. The number of aliphatic hydroxyl groups excluding tert-OH is 1. The number of likely N-dealkylation sites (tertiary alicyclic amines) is 1. The lowest BCUT2D eigenvalue weighted by atomic mass is 10.0. The van der Waals surface area contributed by atoms with E-state index in [4.69, 9.17) is 9.47 Å². The van der Waals surface area contributed by atoms with E-state index in [1.54, 1.807) is 0 Å². The van der Waals surface area contributed by atoms with Crippen LogP contribution in [0.3, 0.4) is 0 Å². The number of rotatable bonds is 3. The number of aliphatic hydroxyl groups is 1. The maximum Gasteiger partial charge on any atom is 0.168 e. The normalized spacial score (nSPS) is 36.5. The molecule has 2 aliphatic heterocycles. The van der Waals surface area contributed by atoms with E-state index in [9.17, 15) is 5.11 Å². The third-order valence-electron chi connectivity index (χ3n) is 4.68. The van der Waals surface area contributed by atoms with Crippen LogP contribution in [0.25, 0.3) is 0 Å². The summed E-state index contributed by atoms with van der Waals surface area (Å²) < 4.78 is 12.1. The fourth-order valence-electron chi connectivity index (χ4n) is 3.65. The van der Waals surface area contributed by atoms with Crippen molar-refractivity contribution < 1.29 is 14.6 Å². The molecule has 2 saturated heterocycles. The van der Waals surface area contributed by atoms with Crippen LogP contribution in [-0.2, 0) is 9.47 Å². The van der Waals surface area contributed by atoms with Crippen LogP contribution in [0.2, 0.25) is 0 Å². The predicted molar refractivity (Wildman–Crippen MR) is 68.3 cm³/mol. The van der Waals surface area contributed by atoms with Gasteiger partial charge in [0, 0.05) is 25.4 Å². The Kier molecular flexibility index (Phi) is 3.89. The van der Waals surface area contributed by atoms with Gasteiger partial charge in [0.25, 0.3) is 0 Å². The molecule has 1 spiro atoms. The SMILES string of the molecule is OCC1CCCCN1CC1COC2(CCCC2)O1. The highest BCUT2D eigenvalue weighted by atomic mass is 16.7. The van der Waals surface area contributed by atoms with E-state index in [0.29, 0.717) is 6.04 Å². The highest BCUT2D eigenvalue weighted by Gasteiger charge is 2.44. The third kappa shape index (κ3) is 2.57. The van der Waals surface area contributed by atoms with Crippen molar-refractivity contribution in [2.45, 2.75) is 62.9 Å². The molecule has 0 bridgehead atoms. The van der Waals surface area contributed by atoms with Gasteiger partial charge in [-0.2, -0.15) is 0 Å². The molecule has 3 fully saturated rings. The number of nitrogens with zero attached hydrogens (tertiary/aromatic N) is 1. The Morgan fingerprint density at radius 2 is 2.00 bits per heavy atom. The molecule has 2 atom stereocenters. The quantitative estimate of drug-likeness (QED) is 0.830. The number of hydrogen-bond acceptors (Lipinski definition) is 4. The van der Waals surface area contributed by atoms with Gasteiger partial charge >= 0.3 is 0 Å². The molecule has 4 nitrogen and oxygen atoms in total. The molecule has 1 N–H and O–H groups in total. The minimum absolute atomic E-state index is 0.204. The number of piperidine rings is 1. The average Bonchev–Trinajstić information content (AvgIpc) is 3.01. The van der Waals surface area contributed by atoms with Crippen LogP contribution in [0.5, 0.6) is 0 Å². The molecule has 0 aromatic rings. The van der Waals surface area contributed by atoms with E-state index in [1.807, 2.05) is 0 Å². The molecule has 0 amide bonds. The Morgan fingerprint density at radius 3 is 2.78 bits per heavy atom. The first-order valence-electron chi connectivity index (χ1n) is 7.48. The van der Waals surface area contributed by atoms with Crippen molar-refractivity contribution in [1.29, 1.82) is 0 Å². The summed E-state index contributed by atoms with van der Waals surface area (Å²) in [7, 11) is 0. The van der Waals surface area contributed by atoms with Crippen molar-refractivity contribution in [3.63, 3.8) is 0 Å². The van der Waals surface area contributed by atoms with Crippen LogP contribution in [-0.4, -0.2) is 54.2 Å². The van der Waals surface area contributed by atoms with E-state index < -0.39 is 0 Å². The molecule has 1 aliphatic carbocycles. The zero-order valence-electron chi connectivity index (χ0n) is 11.1. The Morgan fingerprint density at radius 1 is 1.17 bits per heavy atom. The summed E-state index contributed by atoms with van der Waals surface area (Å²) in [5.41, 5.74) is 0. The van der Waals surface area contributed by atoms with E-state index in [2.05, 4.69) is 4.90 Å². The van der Waals surface area contributed by atoms with Gasteiger partial charge in [-0.05, 0) is 32.2 Å². The first-order valence-corrected chi connectivity index (χ1v) is 7.48. The van der Waals surface area contributed by atoms with Gasteiger partial charge in [-0.15, -0.1) is 0 Å². The molecule has 3 rings (SSSR count). The molecule has 0 radical (unpaired) electrons. The summed E-state index contributed by atoms with van der Waals surface area (Å²) in [6, 6.07) is 0.336. The van der Waals surface area contributed by atoms with Crippen LogP contribution in [0.15, 0.2) is 0 Å². The lowest BCUT2D eigenvalue weighted by Gasteiger charge is -2.36. The van der Waals surface area contributed by atoms with Gasteiger partial charge in [0.1, 0.15) is 0 Å². The van der Waals surface area contributed by atoms with E-state index in [0.717, 1.165) is 39.0 Å². The molecule has 0 aromatic carbocycles. The second-order valence-electron chi connectivity index (χ2n) is 6.00. The lowest BCUT2D eigenvalue weighted by molar-refractivity contribution is -0.164. The molecule has 2 unspecified atom stereocenters. The molecule has 0 aromatic heterocycles. The van der Waals surface area contributed by atoms with Crippen LogP contribution < -0.4 is 0 Å². The average molecular weight is 255 g/mol.